The van der Waals surface area contributed by atoms with Crippen LogP contribution >= 0.6 is 23.2 Å². The van der Waals surface area contributed by atoms with Crippen molar-refractivity contribution >= 4 is 29.0 Å². The molecule has 1 aliphatic rings. The molecule has 1 fully saturated rings. The van der Waals surface area contributed by atoms with Crippen molar-refractivity contribution in [3.8, 4) is 5.75 Å². The maximum Gasteiger partial charge on any atom is 0.173 e. The second-order valence-corrected chi connectivity index (χ2v) is 5.43. The molecule has 2 rings (SSSR count). The maximum atomic E-state index is 12.0. The molecule has 1 saturated carbocycles. The zero-order chi connectivity index (χ0) is 13.0. The number of ketones is 1. The van der Waals surface area contributed by atoms with Gasteiger partial charge in [0.05, 0.1) is 5.02 Å². The third-order valence-corrected chi connectivity index (χ3v) is 4.15. The SMILES string of the molecule is O=C(COc1cccc(Cl)c1Cl)C1CCCCC1. The first-order chi connectivity index (χ1) is 8.68. The van der Waals surface area contributed by atoms with Gasteiger partial charge in [-0.25, -0.2) is 0 Å². The van der Waals surface area contributed by atoms with Crippen LogP contribution in [0.3, 0.4) is 0 Å². The molecule has 0 bridgehead atoms. The number of Topliss-reactive ketones (excluding diaryl/α,β-unsaturated/α-hetero) is 1. The molecule has 0 radical (unpaired) electrons. The highest BCUT2D eigenvalue weighted by atomic mass is 35.5. The molecule has 18 heavy (non-hydrogen) atoms. The summed E-state index contributed by atoms with van der Waals surface area (Å²) in [6, 6.07) is 5.18. The number of rotatable bonds is 4. The molecular formula is C14H16Cl2O2. The van der Waals surface area contributed by atoms with Crippen LogP contribution in [0.1, 0.15) is 32.1 Å². The molecule has 0 atom stereocenters. The van der Waals surface area contributed by atoms with Gasteiger partial charge in [-0.3, -0.25) is 4.79 Å². The lowest BCUT2D eigenvalue weighted by molar-refractivity contribution is -0.125. The number of carbonyl (C=O) groups excluding carboxylic acids is 1. The highest BCUT2D eigenvalue weighted by Gasteiger charge is 2.21. The van der Waals surface area contributed by atoms with Crippen molar-refractivity contribution in [2.75, 3.05) is 6.61 Å². The van der Waals surface area contributed by atoms with Crippen LogP contribution in [0.2, 0.25) is 10.0 Å². The molecule has 0 amide bonds. The molecule has 0 N–H and O–H groups in total. The van der Waals surface area contributed by atoms with E-state index in [1.807, 2.05) is 0 Å². The Morgan fingerprint density at radius 3 is 2.67 bits per heavy atom. The van der Waals surface area contributed by atoms with E-state index in [4.69, 9.17) is 27.9 Å². The van der Waals surface area contributed by atoms with Gasteiger partial charge in [0.25, 0.3) is 0 Å². The van der Waals surface area contributed by atoms with Crippen LogP contribution in [0.5, 0.6) is 5.75 Å². The van der Waals surface area contributed by atoms with Crippen LogP contribution in [0.4, 0.5) is 0 Å². The molecule has 2 nitrogen and oxygen atoms in total. The van der Waals surface area contributed by atoms with Gasteiger partial charge in [-0.05, 0) is 25.0 Å². The first-order valence-corrected chi connectivity index (χ1v) is 7.03. The van der Waals surface area contributed by atoms with Crippen molar-refractivity contribution in [1.29, 1.82) is 0 Å². The fraction of sp³-hybridized carbons (Fsp3) is 0.500. The van der Waals surface area contributed by atoms with Crippen LogP contribution in [-0.2, 0) is 4.79 Å². The largest absolute Gasteiger partial charge is 0.484 e. The Kier molecular flexibility index (Phi) is 4.90. The summed E-state index contributed by atoms with van der Waals surface area (Å²) >= 11 is 11.9. The molecule has 0 heterocycles. The average Bonchev–Trinajstić information content (AvgIpc) is 2.41. The lowest BCUT2D eigenvalue weighted by Gasteiger charge is -2.20. The van der Waals surface area contributed by atoms with Gasteiger partial charge in [0.2, 0.25) is 0 Å². The molecule has 0 spiro atoms. The highest BCUT2D eigenvalue weighted by molar-refractivity contribution is 6.42. The maximum absolute atomic E-state index is 12.0. The van der Waals surface area contributed by atoms with Crippen LogP contribution in [0, 0.1) is 5.92 Å². The Morgan fingerprint density at radius 1 is 1.22 bits per heavy atom. The highest BCUT2D eigenvalue weighted by Crippen LogP contribution is 2.32. The Hall–Kier alpha value is -0.730. The minimum atomic E-state index is 0.0880. The van der Waals surface area contributed by atoms with E-state index in [1.165, 1.54) is 6.42 Å². The number of halogens is 2. The topological polar surface area (TPSA) is 26.3 Å². The molecule has 0 saturated heterocycles. The molecule has 1 aromatic rings. The lowest BCUT2D eigenvalue weighted by atomic mass is 9.86. The van der Waals surface area contributed by atoms with E-state index < -0.39 is 0 Å². The smallest absolute Gasteiger partial charge is 0.173 e. The summed E-state index contributed by atoms with van der Waals surface area (Å²) in [5.74, 6) is 0.816. The fourth-order valence-electron chi connectivity index (χ4n) is 2.29. The predicted octanol–water partition coefficient (Wildman–Crippen LogP) is 4.52. The predicted molar refractivity (Wildman–Crippen MR) is 73.5 cm³/mol. The molecule has 0 unspecified atom stereocenters. The molecule has 4 heteroatoms. The standard InChI is InChI=1S/C14H16Cl2O2/c15-11-7-4-8-13(14(11)16)18-9-12(17)10-5-2-1-3-6-10/h4,7-8,10H,1-3,5-6,9H2. The van der Waals surface area contributed by atoms with Gasteiger partial charge in [-0.1, -0.05) is 48.5 Å². The average molecular weight is 287 g/mol. The summed E-state index contributed by atoms with van der Waals surface area (Å²) < 4.78 is 5.47. The molecule has 98 valence electrons. The van der Waals surface area contributed by atoms with Crippen molar-refractivity contribution in [2.24, 2.45) is 5.92 Å². The van der Waals surface area contributed by atoms with Crippen molar-refractivity contribution in [3.05, 3.63) is 28.2 Å². The zero-order valence-corrected chi connectivity index (χ0v) is 11.6. The van der Waals surface area contributed by atoms with E-state index in [9.17, 15) is 4.79 Å². The first kappa shape index (κ1) is 13.7. The van der Waals surface area contributed by atoms with E-state index in [0.717, 1.165) is 25.7 Å². The van der Waals surface area contributed by atoms with Gasteiger partial charge in [-0.15, -0.1) is 0 Å². The first-order valence-electron chi connectivity index (χ1n) is 6.28. The van der Waals surface area contributed by atoms with Gasteiger partial charge >= 0.3 is 0 Å². The summed E-state index contributed by atoms with van der Waals surface area (Å²) in [5.41, 5.74) is 0. The number of hydrogen-bond acceptors (Lipinski definition) is 2. The van der Waals surface area contributed by atoms with E-state index in [-0.39, 0.29) is 18.3 Å². The van der Waals surface area contributed by atoms with Gasteiger partial charge in [0.15, 0.2) is 5.78 Å². The van der Waals surface area contributed by atoms with Gasteiger partial charge < -0.3 is 4.74 Å². The monoisotopic (exact) mass is 286 g/mol. The molecule has 1 aliphatic carbocycles. The normalized spacial score (nSPS) is 16.6. The minimum absolute atomic E-state index is 0.0880. The van der Waals surface area contributed by atoms with Gasteiger partial charge in [-0.2, -0.15) is 0 Å². The van der Waals surface area contributed by atoms with Gasteiger partial charge in [0, 0.05) is 5.92 Å². The minimum Gasteiger partial charge on any atom is -0.484 e. The third-order valence-electron chi connectivity index (χ3n) is 3.35. The Balaban J connectivity index is 1.90. The second kappa shape index (κ2) is 6.44. The molecule has 0 aromatic heterocycles. The molecule has 0 aliphatic heterocycles. The summed E-state index contributed by atoms with van der Waals surface area (Å²) in [5, 5.41) is 0.815. The Bertz CT molecular complexity index is 426. The van der Waals surface area contributed by atoms with E-state index in [0.29, 0.717) is 15.8 Å². The number of ether oxygens (including phenoxy) is 1. The van der Waals surface area contributed by atoms with Crippen molar-refractivity contribution < 1.29 is 9.53 Å². The zero-order valence-electron chi connectivity index (χ0n) is 10.1. The van der Waals surface area contributed by atoms with Crippen LogP contribution in [0.25, 0.3) is 0 Å². The lowest BCUT2D eigenvalue weighted by Crippen LogP contribution is -2.23. The quantitative estimate of drug-likeness (QED) is 0.813. The van der Waals surface area contributed by atoms with E-state index in [1.54, 1.807) is 18.2 Å². The summed E-state index contributed by atoms with van der Waals surface area (Å²) in [4.78, 5) is 12.0. The summed E-state index contributed by atoms with van der Waals surface area (Å²) in [7, 11) is 0. The number of hydrogen-bond donors (Lipinski definition) is 0. The van der Waals surface area contributed by atoms with Crippen molar-refractivity contribution in [2.45, 2.75) is 32.1 Å². The summed E-state index contributed by atoms with van der Waals surface area (Å²) in [6.45, 7) is 0.0880. The molecule has 1 aromatic carbocycles. The third kappa shape index (κ3) is 3.39. The molecular weight excluding hydrogens is 271 g/mol. The van der Waals surface area contributed by atoms with Crippen LogP contribution in [0.15, 0.2) is 18.2 Å². The van der Waals surface area contributed by atoms with Gasteiger partial charge in [0.1, 0.15) is 17.4 Å². The summed E-state index contributed by atoms with van der Waals surface area (Å²) in [6.07, 6.45) is 5.52. The Morgan fingerprint density at radius 2 is 1.94 bits per heavy atom. The van der Waals surface area contributed by atoms with Crippen molar-refractivity contribution in [1.82, 2.24) is 0 Å². The van der Waals surface area contributed by atoms with Crippen molar-refractivity contribution in [3.63, 3.8) is 0 Å². The second-order valence-electron chi connectivity index (χ2n) is 4.64. The number of benzene rings is 1. The van der Waals surface area contributed by atoms with E-state index >= 15 is 0 Å². The van der Waals surface area contributed by atoms with Crippen LogP contribution < -0.4 is 4.74 Å². The fourth-order valence-corrected chi connectivity index (χ4v) is 2.63. The number of carbonyl (C=O) groups is 1. The van der Waals surface area contributed by atoms with Crippen LogP contribution in [-0.4, -0.2) is 12.4 Å². The van der Waals surface area contributed by atoms with E-state index in [2.05, 4.69) is 0 Å². The Labute approximate surface area is 117 Å².